The normalized spacial score (nSPS) is 18.3. The Bertz CT molecular complexity index is 1280. The average molecular weight is 547 g/mol. The molecule has 4 rings (SSSR count). The molecular formula is C32H35F5O2. The molecule has 2 nitrogen and oxygen atoms in total. The summed E-state index contributed by atoms with van der Waals surface area (Å²) in [7, 11) is 0. The number of aryl methyl sites for hydroxylation is 1. The van der Waals surface area contributed by atoms with Gasteiger partial charge in [-0.1, -0.05) is 37.6 Å². The van der Waals surface area contributed by atoms with Crippen molar-refractivity contribution in [3.63, 3.8) is 0 Å². The fourth-order valence-electron chi connectivity index (χ4n) is 5.64. The van der Waals surface area contributed by atoms with Crippen molar-refractivity contribution in [2.45, 2.75) is 77.2 Å². The van der Waals surface area contributed by atoms with Crippen LogP contribution in [0.1, 0.15) is 87.5 Å². The zero-order valence-electron chi connectivity index (χ0n) is 22.4. The molecule has 1 atom stereocenters. The summed E-state index contributed by atoms with van der Waals surface area (Å²) >= 11 is 0. The fraction of sp³-hybridized carbons (Fsp3) is 0.438. The van der Waals surface area contributed by atoms with Gasteiger partial charge in [0, 0.05) is 16.7 Å². The maximum atomic E-state index is 15.0. The Kier molecular flexibility index (Phi) is 9.65. The number of ether oxygens (including phenoxy) is 1. The highest BCUT2D eigenvalue weighted by Gasteiger charge is 2.25. The first-order chi connectivity index (χ1) is 18.7. The second-order valence-electron chi connectivity index (χ2n) is 10.4. The minimum absolute atomic E-state index is 0.00521. The Hall–Kier alpha value is -2.93. The van der Waals surface area contributed by atoms with E-state index in [1.165, 1.54) is 30.3 Å². The molecule has 0 heterocycles. The lowest BCUT2D eigenvalue weighted by Gasteiger charge is -2.29. The van der Waals surface area contributed by atoms with E-state index >= 15 is 4.39 Å². The van der Waals surface area contributed by atoms with Crippen LogP contribution in [0.25, 0.3) is 11.1 Å². The van der Waals surface area contributed by atoms with Gasteiger partial charge in [-0.25, -0.2) is 17.6 Å². The molecule has 1 aliphatic carbocycles. The Morgan fingerprint density at radius 2 is 1.54 bits per heavy atom. The summed E-state index contributed by atoms with van der Waals surface area (Å²) in [5, 5.41) is 10.0. The van der Waals surface area contributed by atoms with E-state index in [4.69, 9.17) is 4.74 Å². The SMILES string of the molecule is CCCC(O)c1ccc(CCC2CCC(c3ccc(-c4ccc(OCC)c(F)c4F)c(F)c3)CC2)c(F)c1F. The summed E-state index contributed by atoms with van der Waals surface area (Å²) in [6, 6.07) is 10.3. The van der Waals surface area contributed by atoms with Crippen LogP contribution in [-0.2, 0) is 6.42 Å². The molecule has 1 aliphatic rings. The van der Waals surface area contributed by atoms with E-state index in [0.717, 1.165) is 37.7 Å². The van der Waals surface area contributed by atoms with Gasteiger partial charge in [0.15, 0.2) is 23.2 Å². The molecule has 0 bridgehead atoms. The van der Waals surface area contributed by atoms with Crippen molar-refractivity contribution in [1.82, 2.24) is 0 Å². The Balaban J connectivity index is 1.36. The van der Waals surface area contributed by atoms with Crippen molar-refractivity contribution in [1.29, 1.82) is 0 Å². The maximum absolute atomic E-state index is 15.0. The highest BCUT2D eigenvalue weighted by atomic mass is 19.2. The number of aliphatic hydroxyl groups is 1. The van der Waals surface area contributed by atoms with E-state index in [9.17, 15) is 22.7 Å². The van der Waals surface area contributed by atoms with Crippen LogP contribution in [0, 0.1) is 35.0 Å². The van der Waals surface area contributed by atoms with E-state index < -0.39 is 35.2 Å². The Morgan fingerprint density at radius 3 is 2.21 bits per heavy atom. The smallest absolute Gasteiger partial charge is 0.201 e. The van der Waals surface area contributed by atoms with Crippen LogP contribution in [0.3, 0.4) is 0 Å². The van der Waals surface area contributed by atoms with Gasteiger partial charge in [0.25, 0.3) is 0 Å². The van der Waals surface area contributed by atoms with E-state index in [-0.39, 0.29) is 35.0 Å². The average Bonchev–Trinajstić information content (AvgIpc) is 2.93. The third-order valence-corrected chi connectivity index (χ3v) is 7.88. The van der Waals surface area contributed by atoms with Gasteiger partial charge in [-0.2, -0.15) is 4.39 Å². The molecule has 0 amide bonds. The van der Waals surface area contributed by atoms with Gasteiger partial charge in [-0.15, -0.1) is 0 Å². The molecule has 0 radical (unpaired) electrons. The molecule has 0 aliphatic heterocycles. The molecule has 1 saturated carbocycles. The second-order valence-corrected chi connectivity index (χ2v) is 10.4. The van der Waals surface area contributed by atoms with Crippen LogP contribution >= 0.6 is 0 Å². The van der Waals surface area contributed by atoms with Gasteiger partial charge in [0.2, 0.25) is 5.82 Å². The molecule has 1 unspecified atom stereocenters. The topological polar surface area (TPSA) is 29.5 Å². The zero-order chi connectivity index (χ0) is 28.1. The lowest BCUT2D eigenvalue weighted by molar-refractivity contribution is 0.160. The first-order valence-corrected chi connectivity index (χ1v) is 13.8. The largest absolute Gasteiger partial charge is 0.491 e. The minimum atomic E-state index is -1.14. The molecule has 1 fully saturated rings. The molecule has 210 valence electrons. The molecule has 0 saturated heterocycles. The van der Waals surface area contributed by atoms with E-state index in [1.807, 2.05) is 6.92 Å². The molecule has 39 heavy (non-hydrogen) atoms. The van der Waals surface area contributed by atoms with Crippen LogP contribution in [0.4, 0.5) is 22.0 Å². The van der Waals surface area contributed by atoms with Gasteiger partial charge >= 0.3 is 0 Å². The number of hydrogen-bond acceptors (Lipinski definition) is 2. The third kappa shape index (κ3) is 6.46. The van der Waals surface area contributed by atoms with Crippen LogP contribution in [0.5, 0.6) is 5.75 Å². The van der Waals surface area contributed by atoms with E-state index in [1.54, 1.807) is 19.1 Å². The Morgan fingerprint density at radius 1 is 0.821 bits per heavy atom. The summed E-state index contributed by atoms with van der Waals surface area (Å²) < 4.78 is 78.1. The monoisotopic (exact) mass is 546 g/mol. The van der Waals surface area contributed by atoms with Crippen molar-refractivity contribution in [3.8, 4) is 16.9 Å². The maximum Gasteiger partial charge on any atom is 0.201 e. The van der Waals surface area contributed by atoms with Crippen molar-refractivity contribution in [2.24, 2.45) is 5.92 Å². The van der Waals surface area contributed by atoms with Gasteiger partial charge in [0.1, 0.15) is 5.82 Å². The van der Waals surface area contributed by atoms with Gasteiger partial charge in [0.05, 0.1) is 12.7 Å². The van der Waals surface area contributed by atoms with E-state index in [0.29, 0.717) is 30.7 Å². The van der Waals surface area contributed by atoms with Crippen LogP contribution in [0.2, 0.25) is 0 Å². The fourth-order valence-corrected chi connectivity index (χ4v) is 5.64. The summed E-state index contributed by atoms with van der Waals surface area (Å²) in [4.78, 5) is 0. The number of aliphatic hydroxyl groups excluding tert-OH is 1. The summed E-state index contributed by atoms with van der Waals surface area (Å²) in [5.41, 5.74) is 0.982. The molecular weight excluding hydrogens is 511 g/mol. The minimum Gasteiger partial charge on any atom is -0.491 e. The molecule has 1 N–H and O–H groups in total. The van der Waals surface area contributed by atoms with Crippen molar-refractivity contribution in [2.75, 3.05) is 6.61 Å². The van der Waals surface area contributed by atoms with Crippen molar-refractivity contribution in [3.05, 3.63) is 88.2 Å². The predicted molar refractivity (Wildman–Crippen MR) is 142 cm³/mol. The number of halogens is 5. The molecule has 0 spiro atoms. The molecule has 0 aromatic heterocycles. The molecule has 3 aromatic carbocycles. The van der Waals surface area contributed by atoms with E-state index in [2.05, 4.69) is 0 Å². The number of hydrogen-bond donors (Lipinski definition) is 1. The number of rotatable bonds is 10. The Labute approximate surface area is 226 Å². The van der Waals surface area contributed by atoms with Gasteiger partial charge in [-0.3, -0.25) is 0 Å². The summed E-state index contributed by atoms with van der Waals surface area (Å²) in [6.07, 6.45) is 4.59. The summed E-state index contributed by atoms with van der Waals surface area (Å²) in [6.45, 7) is 3.73. The van der Waals surface area contributed by atoms with Crippen molar-refractivity contribution >= 4 is 0 Å². The first-order valence-electron chi connectivity index (χ1n) is 13.8. The second kappa shape index (κ2) is 12.9. The predicted octanol–water partition coefficient (Wildman–Crippen LogP) is 9.19. The third-order valence-electron chi connectivity index (χ3n) is 7.88. The quantitative estimate of drug-likeness (QED) is 0.257. The zero-order valence-corrected chi connectivity index (χ0v) is 22.4. The van der Waals surface area contributed by atoms with Gasteiger partial charge in [-0.05, 0) is 93.0 Å². The standard InChI is InChI=1S/C32H35F5O2/c1-3-5-27(38)25-15-12-21(29(34)31(25)36)11-8-19-6-9-20(10-7-19)22-13-14-23(26(33)18-22)24-16-17-28(39-4-2)32(37)30(24)35/h12-20,27,38H,3-11H2,1-2H3. The van der Waals surface area contributed by atoms with Crippen LogP contribution < -0.4 is 4.74 Å². The van der Waals surface area contributed by atoms with Crippen molar-refractivity contribution < 1.29 is 31.8 Å². The molecule has 3 aromatic rings. The summed E-state index contributed by atoms with van der Waals surface area (Å²) in [5.74, 6) is -4.45. The number of benzene rings is 3. The lowest BCUT2D eigenvalue weighted by Crippen LogP contribution is -2.15. The van der Waals surface area contributed by atoms with Crippen LogP contribution in [-0.4, -0.2) is 11.7 Å². The lowest BCUT2D eigenvalue weighted by atomic mass is 9.76. The van der Waals surface area contributed by atoms with Gasteiger partial charge < -0.3 is 9.84 Å². The first kappa shape index (κ1) is 29.1. The van der Waals surface area contributed by atoms with Crippen LogP contribution in [0.15, 0.2) is 42.5 Å². The highest BCUT2D eigenvalue weighted by molar-refractivity contribution is 5.66. The highest BCUT2D eigenvalue weighted by Crippen LogP contribution is 2.40. The molecule has 7 heteroatoms.